The summed E-state index contributed by atoms with van der Waals surface area (Å²) in [6.45, 7) is 4.05. The minimum Gasteiger partial charge on any atom is -0.347 e. The molecule has 0 radical (unpaired) electrons. The third-order valence-corrected chi connectivity index (χ3v) is 6.81. The highest BCUT2D eigenvalue weighted by Crippen LogP contribution is 2.37. The van der Waals surface area contributed by atoms with Gasteiger partial charge in [-0.1, -0.05) is 11.6 Å². The predicted molar refractivity (Wildman–Crippen MR) is 125 cm³/mol. The lowest BCUT2D eigenvalue weighted by atomic mass is 9.92. The number of H-pyrrole nitrogens is 1. The van der Waals surface area contributed by atoms with Crippen molar-refractivity contribution in [3.63, 3.8) is 0 Å². The second kappa shape index (κ2) is 7.62. The van der Waals surface area contributed by atoms with Gasteiger partial charge in [0.15, 0.2) is 11.5 Å². The van der Waals surface area contributed by atoms with Crippen LogP contribution in [0, 0.1) is 6.92 Å². The van der Waals surface area contributed by atoms with Crippen LogP contribution in [0.5, 0.6) is 0 Å². The molecule has 31 heavy (non-hydrogen) atoms. The van der Waals surface area contributed by atoms with Gasteiger partial charge in [-0.05, 0) is 38.3 Å². The summed E-state index contributed by atoms with van der Waals surface area (Å²) in [5.74, 6) is 0.975. The quantitative estimate of drug-likeness (QED) is 0.476. The lowest BCUT2D eigenvalue weighted by Gasteiger charge is -2.47. The summed E-state index contributed by atoms with van der Waals surface area (Å²) in [4.78, 5) is 12.4. The summed E-state index contributed by atoms with van der Waals surface area (Å²) in [5.41, 5.74) is 4.81. The third kappa shape index (κ3) is 3.16. The molecule has 0 aliphatic carbocycles. The zero-order valence-electron chi connectivity index (χ0n) is 17.4. The molecule has 162 valence electrons. The molecule has 0 spiro atoms. The van der Waals surface area contributed by atoms with Crippen LogP contribution in [0.4, 0.5) is 5.82 Å². The van der Waals surface area contributed by atoms with Crippen molar-refractivity contribution in [2.75, 3.05) is 18.0 Å². The van der Waals surface area contributed by atoms with E-state index in [1.165, 1.54) is 19.3 Å². The van der Waals surface area contributed by atoms with Gasteiger partial charge in [0.05, 0.1) is 16.2 Å². The Kier molecular flexibility index (Phi) is 5.03. The average molecular weight is 459 g/mol. The summed E-state index contributed by atoms with van der Waals surface area (Å²) < 4.78 is 1.77. The van der Waals surface area contributed by atoms with Gasteiger partial charge in [0.1, 0.15) is 11.2 Å². The van der Waals surface area contributed by atoms with E-state index < -0.39 is 0 Å². The van der Waals surface area contributed by atoms with E-state index >= 15 is 0 Å². The van der Waals surface area contributed by atoms with Gasteiger partial charge in [-0.2, -0.15) is 10.2 Å². The topological polar surface area (TPSA) is 87.5 Å². The largest absolute Gasteiger partial charge is 0.347 e. The van der Waals surface area contributed by atoms with Crippen LogP contribution < -0.4 is 10.2 Å². The molecule has 6 rings (SSSR count). The summed E-state index contributed by atoms with van der Waals surface area (Å²) in [5, 5.41) is 17.2. The van der Waals surface area contributed by atoms with Crippen molar-refractivity contribution in [2.45, 2.75) is 38.3 Å². The smallest absolute Gasteiger partial charge is 0.177 e. The van der Waals surface area contributed by atoms with Gasteiger partial charge in [-0.15, -0.1) is 12.4 Å². The van der Waals surface area contributed by atoms with E-state index in [-0.39, 0.29) is 12.4 Å². The number of fused-ring (bicyclic) bond motifs is 4. The molecule has 2 unspecified atom stereocenters. The van der Waals surface area contributed by atoms with Gasteiger partial charge >= 0.3 is 0 Å². The van der Waals surface area contributed by atoms with Gasteiger partial charge in [0.25, 0.3) is 0 Å². The molecule has 1 aromatic carbocycles. The van der Waals surface area contributed by atoms with E-state index in [0.29, 0.717) is 22.8 Å². The van der Waals surface area contributed by atoms with Crippen molar-refractivity contribution in [3.05, 3.63) is 29.0 Å². The van der Waals surface area contributed by atoms with E-state index in [9.17, 15) is 0 Å². The number of hydrogen-bond donors (Lipinski definition) is 2. The number of halogens is 2. The highest BCUT2D eigenvalue weighted by Gasteiger charge is 2.36. The molecular weight excluding hydrogens is 435 g/mol. The van der Waals surface area contributed by atoms with E-state index in [1.54, 1.807) is 4.68 Å². The summed E-state index contributed by atoms with van der Waals surface area (Å²) >= 11 is 6.73. The van der Waals surface area contributed by atoms with Gasteiger partial charge in [-0.3, -0.25) is 9.78 Å². The van der Waals surface area contributed by atoms with Gasteiger partial charge in [-0.25, -0.2) is 9.97 Å². The molecule has 2 saturated heterocycles. The van der Waals surface area contributed by atoms with E-state index in [2.05, 4.69) is 25.5 Å². The molecule has 2 aliphatic heterocycles. The second-order valence-corrected chi connectivity index (χ2v) is 8.75. The molecule has 8 nitrogen and oxygen atoms in total. The number of aromatic amines is 1. The van der Waals surface area contributed by atoms with Crippen LogP contribution >= 0.6 is 24.0 Å². The Morgan fingerprint density at radius 1 is 1.13 bits per heavy atom. The van der Waals surface area contributed by atoms with Crippen molar-refractivity contribution in [2.24, 2.45) is 7.05 Å². The number of piperidine rings is 1. The molecule has 5 heterocycles. The Hall–Kier alpha value is -2.42. The number of aryl methyl sites for hydroxylation is 2. The SMILES string of the molecule is Cc1nc2c(-c3ccc4nn(C)cc4c3Cl)n[nH]c2nc1N1C2CCCC1CNC2.Cl. The molecule has 2 fully saturated rings. The molecule has 2 N–H and O–H groups in total. The Balaban J connectivity index is 0.00000204. The lowest BCUT2D eigenvalue weighted by Crippen LogP contribution is -2.60. The Bertz CT molecular complexity index is 1260. The minimum absolute atomic E-state index is 0. The van der Waals surface area contributed by atoms with Crippen molar-refractivity contribution >= 4 is 51.9 Å². The van der Waals surface area contributed by atoms with Gasteiger partial charge in [0, 0.05) is 49.4 Å². The fourth-order valence-corrected chi connectivity index (χ4v) is 5.34. The third-order valence-electron chi connectivity index (χ3n) is 6.40. The van der Waals surface area contributed by atoms with Gasteiger partial charge in [0.2, 0.25) is 0 Å². The maximum absolute atomic E-state index is 6.73. The summed E-state index contributed by atoms with van der Waals surface area (Å²) in [6, 6.07) is 4.88. The zero-order chi connectivity index (χ0) is 20.4. The normalized spacial score (nSPS) is 20.9. The number of hydrogen-bond acceptors (Lipinski definition) is 6. The van der Waals surface area contributed by atoms with E-state index in [1.807, 2.05) is 32.3 Å². The highest BCUT2D eigenvalue weighted by molar-refractivity contribution is 6.38. The average Bonchev–Trinajstić information content (AvgIpc) is 3.30. The minimum atomic E-state index is 0. The number of rotatable bonds is 2. The maximum Gasteiger partial charge on any atom is 0.177 e. The molecular formula is C21H24Cl2N8. The molecule has 2 aliphatic rings. The van der Waals surface area contributed by atoms with Crippen LogP contribution in [-0.4, -0.2) is 55.1 Å². The molecule has 2 atom stereocenters. The molecule has 4 aromatic rings. The molecule has 0 amide bonds. The number of nitrogens with one attached hydrogen (secondary N) is 2. The first-order chi connectivity index (χ1) is 14.6. The molecule has 0 saturated carbocycles. The van der Waals surface area contributed by atoms with Crippen LogP contribution in [-0.2, 0) is 7.05 Å². The van der Waals surface area contributed by atoms with Crippen LogP contribution in [0.25, 0.3) is 33.3 Å². The van der Waals surface area contributed by atoms with Crippen LogP contribution in [0.2, 0.25) is 5.02 Å². The fourth-order valence-electron chi connectivity index (χ4n) is 5.04. The Morgan fingerprint density at radius 2 is 1.90 bits per heavy atom. The van der Waals surface area contributed by atoms with Crippen molar-refractivity contribution < 1.29 is 0 Å². The maximum atomic E-state index is 6.73. The second-order valence-electron chi connectivity index (χ2n) is 8.37. The lowest BCUT2D eigenvalue weighted by molar-refractivity contribution is 0.310. The molecule has 10 heteroatoms. The Morgan fingerprint density at radius 3 is 2.68 bits per heavy atom. The van der Waals surface area contributed by atoms with Crippen LogP contribution in [0.1, 0.15) is 25.0 Å². The Labute approximate surface area is 190 Å². The fraction of sp³-hybridized carbons (Fsp3) is 0.429. The predicted octanol–water partition coefficient (Wildman–Crippen LogP) is 3.62. The number of benzene rings is 1. The molecule has 3 aromatic heterocycles. The number of anilines is 1. The summed E-state index contributed by atoms with van der Waals surface area (Å²) in [6.07, 6.45) is 5.59. The van der Waals surface area contributed by atoms with Gasteiger partial charge < -0.3 is 10.2 Å². The number of aromatic nitrogens is 6. The first kappa shape index (κ1) is 20.5. The number of nitrogens with zero attached hydrogens (tertiary/aromatic N) is 6. The van der Waals surface area contributed by atoms with Crippen molar-refractivity contribution in [3.8, 4) is 11.3 Å². The first-order valence-corrected chi connectivity index (χ1v) is 10.8. The first-order valence-electron chi connectivity index (χ1n) is 10.4. The van der Waals surface area contributed by atoms with Crippen molar-refractivity contribution in [1.29, 1.82) is 0 Å². The van der Waals surface area contributed by atoms with Crippen LogP contribution in [0.15, 0.2) is 18.3 Å². The van der Waals surface area contributed by atoms with Crippen LogP contribution in [0.3, 0.4) is 0 Å². The highest BCUT2D eigenvalue weighted by atomic mass is 35.5. The van der Waals surface area contributed by atoms with E-state index in [4.69, 9.17) is 21.6 Å². The van der Waals surface area contributed by atoms with Crippen molar-refractivity contribution in [1.82, 2.24) is 35.3 Å². The zero-order valence-corrected chi connectivity index (χ0v) is 19.0. The summed E-state index contributed by atoms with van der Waals surface area (Å²) in [7, 11) is 1.89. The monoisotopic (exact) mass is 458 g/mol. The number of piperazine rings is 1. The molecule has 2 bridgehead atoms. The standard InChI is InChI=1S/C21H23ClN8.ClH/c1-11-21(30-12-4-3-5-13(30)9-23-8-12)25-20-19(24-11)18(26-27-20)14-6-7-16-15(17(14)22)10-29(2)28-16;/h6-7,10,12-13,23H,3-5,8-9H2,1-2H3,(H,25,26,27);1H. The van der Waals surface area contributed by atoms with E-state index in [0.717, 1.165) is 52.3 Å².